The van der Waals surface area contributed by atoms with E-state index in [1.807, 2.05) is 13.1 Å². The predicted octanol–water partition coefficient (Wildman–Crippen LogP) is 0.530. The van der Waals surface area contributed by atoms with Crippen LogP contribution >= 0.6 is 0 Å². The van der Waals surface area contributed by atoms with Crippen LogP contribution in [0.3, 0.4) is 0 Å². The quantitative estimate of drug-likeness (QED) is 0.784. The summed E-state index contributed by atoms with van der Waals surface area (Å²) in [5.41, 5.74) is 1.02. The molecule has 0 spiro atoms. The van der Waals surface area contributed by atoms with Crippen LogP contribution in [0.1, 0.15) is 5.56 Å². The lowest BCUT2D eigenvalue weighted by Crippen LogP contribution is -2.13. The Morgan fingerprint density at radius 3 is 3.00 bits per heavy atom. The zero-order chi connectivity index (χ0) is 12.1. The fourth-order valence-corrected chi connectivity index (χ4v) is 1.38. The number of aromatic nitrogens is 5. The molecule has 17 heavy (non-hydrogen) atoms. The van der Waals surface area contributed by atoms with Gasteiger partial charge in [0.1, 0.15) is 5.82 Å². The average molecular weight is 233 g/mol. The van der Waals surface area contributed by atoms with E-state index in [-0.39, 0.29) is 0 Å². The van der Waals surface area contributed by atoms with Gasteiger partial charge in [0, 0.05) is 31.5 Å². The summed E-state index contributed by atoms with van der Waals surface area (Å²) in [5.74, 6) is 1.45. The molecule has 0 aliphatic rings. The van der Waals surface area contributed by atoms with Crippen LogP contribution in [0.2, 0.25) is 0 Å². The van der Waals surface area contributed by atoms with Gasteiger partial charge in [0.25, 0.3) is 0 Å². The highest BCUT2D eigenvalue weighted by molar-refractivity contribution is 5.46. The maximum Gasteiger partial charge on any atom is 0.224 e. The lowest BCUT2D eigenvalue weighted by molar-refractivity contribution is 0.608. The molecule has 0 amide bonds. The van der Waals surface area contributed by atoms with Crippen LogP contribution in [-0.4, -0.2) is 38.6 Å². The third-order valence-corrected chi connectivity index (χ3v) is 2.30. The van der Waals surface area contributed by atoms with Crippen molar-refractivity contribution in [3.8, 4) is 0 Å². The topological polar surface area (TPSA) is 80.5 Å². The van der Waals surface area contributed by atoms with Crippen LogP contribution in [0.15, 0.2) is 18.6 Å². The molecule has 0 radical (unpaired) electrons. The summed E-state index contributed by atoms with van der Waals surface area (Å²) in [4.78, 5) is 8.46. The van der Waals surface area contributed by atoms with E-state index in [4.69, 9.17) is 0 Å². The summed E-state index contributed by atoms with van der Waals surface area (Å²) in [7, 11) is 1.80. The summed E-state index contributed by atoms with van der Waals surface area (Å²) in [5, 5.41) is 13.8. The van der Waals surface area contributed by atoms with Gasteiger partial charge in [0.15, 0.2) is 0 Å². The second-order valence-electron chi connectivity index (χ2n) is 3.57. The third-order valence-electron chi connectivity index (χ3n) is 2.30. The van der Waals surface area contributed by atoms with E-state index in [2.05, 4.69) is 30.9 Å². The SMILES string of the molecule is CNc1ncc(C)c(NCCn2ccnn2)n1. The van der Waals surface area contributed by atoms with E-state index < -0.39 is 0 Å². The van der Waals surface area contributed by atoms with Crippen LogP contribution in [0.4, 0.5) is 11.8 Å². The van der Waals surface area contributed by atoms with E-state index in [9.17, 15) is 0 Å². The van der Waals surface area contributed by atoms with Crippen molar-refractivity contribution in [3.05, 3.63) is 24.2 Å². The average Bonchev–Trinajstić information content (AvgIpc) is 2.84. The number of hydrogen-bond acceptors (Lipinski definition) is 6. The van der Waals surface area contributed by atoms with Crippen molar-refractivity contribution >= 4 is 11.8 Å². The van der Waals surface area contributed by atoms with Gasteiger partial charge in [-0.05, 0) is 6.92 Å². The van der Waals surface area contributed by atoms with Gasteiger partial charge in [0.2, 0.25) is 5.95 Å². The second kappa shape index (κ2) is 5.24. The summed E-state index contributed by atoms with van der Waals surface area (Å²) < 4.78 is 1.77. The zero-order valence-electron chi connectivity index (χ0n) is 9.88. The third kappa shape index (κ3) is 2.90. The summed E-state index contributed by atoms with van der Waals surface area (Å²) in [6, 6.07) is 0. The second-order valence-corrected chi connectivity index (χ2v) is 3.57. The first-order chi connectivity index (χ1) is 8.29. The first-order valence-corrected chi connectivity index (χ1v) is 5.39. The molecule has 0 fully saturated rings. The highest BCUT2D eigenvalue weighted by atomic mass is 15.4. The van der Waals surface area contributed by atoms with Gasteiger partial charge in [-0.25, -0.2) is 4.98 Å². The Morgan fingerprint density at radius 2 is 2.29 bits per heavy atom. The lowest BCUT2D eigenvalue weighted by Gasteiger charge is -2.09. The molecular formula is C10H15N7. The van der Waals surface area contributed by atoms with Crippen LogP contribution in [0, 0.1) is 6.92 Å². The standard InChI is InChI=1S/C10H15N7/c1-8-7-13-10(11-2)15-9(8)12-3-5-17-6-4-14-16-17/h4,6-7H,3,5H2,1-2H3,(H2,11,12,13,15). The Bertz CT molecular complexity index is 466. The van der Waals surface area contributed by atoms with Crippen LogP contribution in [0.5, 0.6) is 0 Å². The fraction of sp³-hybridized carbons (Fsp3) is 0.400. The monoisotopic (exact) mass is 233 g/mol. The number of nitrogens with one attached hydrogen (secondary N) is 2. The summed E-state index contributed by atoms with van der Waals surface area (Å²) in [6.07, 6.45) is 5.28. The fourth-order valence-electron chi connectivity index (χ4n) is 1.38. The van der Waals surface area contributed by atoms with E-state index in [1.54, 1.807) is 24.1 Å². The predicted molar refractivity (Wildman–Crippen MR) is 64.8 cm³/mol. The van der Waals surface area contributed by atoms with Crippen molar-refractivity contribution in [2.24, 2.45) is 0 Å². The maximum absolute atomic E-state index is 4.33. The number of rotatable bonds is 5. The van der Waals surface area contributed by atoms with Gasteiger partial charge >= 0.3 is 0 Å². The minimum absolute atomic E-state index is 0.610. The van der Waals surface area contributed by atoms with Gasteiger partial charge in [-0.2, -0.15) is 4.98 Å². The minimum atomic E-state index is 0.610. The Balaban J connectivity index is 1.94. The molecule has 2 N–H and O–H groups in total. The molecule has 0 bridgehead atoms. The molecule has 90 valence electrons. The molecule has 0 saturated heterocycles. The first kappa shape index (κ1) is 11.3. The normalized spacial score (nSPS) is 10.2. The maximum atomic E-state index is 4.33. The molecule has 2 rings (SSSR count). The molecule has 0 aliphatic carbocycles. The molecule has 0 atom stereocenters. The van der Waals surface area contributed by atoms with Crippen molar-refractivity contribution in [3.63, 3.8) is 0 Å². The van der Waals surface area contributed by atoms with E-state index in [0.29, 0.717) is 5.95 Å². The van der Waals surface area contributed by atoms with Crippen LogP contribution < -0.4 is 10.6 Å². The van der Waals surface area contributed by atoms with Gasteiger partial charge in [-0.3, -0.25) is 4.68 Å². The van der Waals surface area contributed by atoms with Crippen LogP contribution in [-0.2, 0) is 6.54 Å². The molecule has 0 saturated carbocycles. The largest absolute Gasteiger partial charge is 0.368 e. The van der Waals surface area contributed by atoms with Crippen molar-refractivity contribution in [1.82, 2.24) is 25.0 Å². The highest BCUT2D eigenvalue weighted by Gasteiger charge is 2.02. The summed E-state index contributed by atoms with van der Waals surface area (Å²) in [6.45, 7) is 3.46. The van der Waals surface area contributed by atoms with Crippen LogP contribution in [0.25, 0.3) is 0 Å². The van der Waals surface area contributed by atoms with E-state index in [0.717, 1.165) is 24.5 Å². The highest BCUT2D eigenvalue weighted by Crippen LogP contribution is 2.11. The number of anilines is 2. The number of aryl methyl sites for hydroxylation is 1. The molecule has 7 nitrogen and oxygen atoms in total. The van der Waals surface area contributed by atoms with Crippen molar-refractivity contribution in [2.45, 2.75) is 13.5 Å². The molecule has 2 heterocycles. The van der Waals surface area contributed by atoms with Gasteiger partial charge in [-0.15, -0.1) is 5.10 Å². The summed E-state index contributed by atoms with van der Waals surface area (Å²) >= 11 is 0. The molecular weight excluding hydrogens is 218 g/mol. The number of hydrogen-bond donors (Lipinski definition) is 2. The van der Waals surface area contributed by atoms with Crippen molar-refractivity contribution in [1.29, 1.82) is 0 Å². The molecule has 7 heteroatoms. The lowest BCUT2D eigenvalue weighted by atomic mass is 10.3. The van der Waals surface area contributed by atoms with Gasteiger partial charge < -0.3 is 10.6 Å². The van der Waals surface area contributed by atoms with E-state index in [1.165, 1.54) is 0 Å². The molecule has 2 aromatic heterocycles. The molecule has 0 aliphatic heterocycles. The Labute approximate surface area is 99.3 Å². The Morgan fingerprint density at radius 1 is 1.41 bits per heavy atom. The first-order valence-electron chi connectivity index (χ1n) is 5.39. The van der Waals surface area contributed by atoms with Crippen molar-refractivity contribution in [2.75, 3.05) is 24.2 Å². The minimum Gasteiger partial charge on any atom is -0.368 e. The molecule has 0 unspecified atom stereocenters. The molecule has 2 aromatic rings. The Hall–Kier alpha value is -2.18. The van der Waals surface area contributed by atoms with Gasteiger partial charge in [0.05, 0.1) is 12.7 Å². The van der Waals surface area contributed by atoms with Gasteiger partial charge in [-0.1, -0.05) is 5.21 Å². The van der Waals surface area contributed by atoms with E-state index >= 15 is 0 Å². The molecule has 0 aromatic carbocycles. The Kier molecular flexibility index (Phi) is 3.49. The zero-order valence-corrected chi connectivity index (χ0v) is 9.88. The number of nitrogens with zero attached hydrogens (tertiary/aromatic N) is 5. The smallest absolute Gasteiger partial charge is 0.224 e. The van der Waals surface area contributed by atoms with Crippen molar-refractivity contribution < 1.29 is 0 Å².